The average molecular weight is 228 g/mol. The molecule has 1 rings (SSSR count). The maximum atomic E-state index is 13.3. The summed E-state index contributed by atoms with van der Waals surface area (Å²) >= 11 is 0. The Hall–Kier alpha value is -1.49. The molecule has 1 aromatic rings. The predicted molar refractivity (Wildman–Crippen MR) is 58.0 cm³/mol. The third-order valence-electron chi connectivity index (χ3n) is 2.28. The lowest BCUT2D eigenvalue weighted by Crippen LogP contribution is -2.35. The van der Waals surface area contributed by atoms with Gasteiger partial charge in [0.15, 0.2) is 0 Å². The van der Waals surface area contributed by atoms with Gasteiger partial charge in [-0.2, -0.15) is 0 Å². The zero-order chi connectivity index (χ0) is 12.3. The minimum Gasteiger partial charge on any atom is -0.322 e. The van der Waals surface area contributed by atoms with E-state index >= 15 is 0 Å². The Labute approximate surface area is 92.6 Å². The number of carbonyl (C=O) groups excluding carboxylic acids is 1. The molecule has 0 aliphatic carbocycles. The van der Waals surface area contributed by atoms with Gasteiger partial charge < -0.3 is 11.1 Å². The zero-order valence-corrected chi connectivity index (χ0v) is 9.18. The SMILES string of the molecule is CC[C@@H](N)C(=O)Nc1cc(F)c(C)cc1F. The topological polar surface area (TPSA) is 55.1 Å². The summed E-state index contributed by atoms with van der Waals surface area (Å²) in [6.45, 7) is 3.18. The molecule has 1 aromatic carbocycles. The molecule has 5 heteroatoms. The van der Waals surface area contributed by atoms with Crippen molar-refractivity contribution < 1.29 is 13.6 Å². The van der Waals surface area contributed by atoms with Crippen LogP contribution in [0.25, 0.3) is 0 Å². The van der Waals surface area contributed by atoms with Gasteiger partial charge in [0.25, 0.3) is 0 Å². The molecule has 0 aliphatic rings. The monoisotopic (exact) mass is 228 g/mol. The Morgan fingerprint density at radius 1 is 1.44 bits per heavy atom. The number of benzene rings is 1. The third-order valence-corrected chi connectivity index (χ3v) is 2.28. The fourth-order valence-corrected chi connectivity index (χ4v) is 1.15. The van der Waals surface area contributed by atoms with E-state index in [4.69, 9.17) is 5.73 Å². The Morgan fingerprint density at radius 3 is 2.62 bits per heavy atom. The minimum absolute atomic E-state index is 0.183. The summed E-state index contributed by atoms with van der Waals surface area (Å²) in [5, 5.41) is 2.25. The van der Waals surface area contributed by atoms with E-state index in [0.29, 0.717) is 6.42 Å². The number of hydrogen-bond donors (Lipinski definition) is 2. The van der Waals surface area contributed by atoms with Gasteiger partial charge >= 0.3 is 0 Å². The van der Waals surface area contributed by atoms with E-state index in [2.05, 4.69) is 5.32 Å². The van der Waals surface area contributed by atoms with Gasteiger partial charge in [0.1, 0.15) is 11.6 Å². The fourth-order valence-electron chi connectivity index (χ4n) is 1.15. The highest BCUT2D eigenvalue weighted by atomic mass is 19.1. The highest BCUT2D eigenvalue weighted by Gasteiger charge is 2.14. The fraction of sp³-hybridized carbons (Fsp3) is 0.364. The number of nitrogens with two attached hydrogens (primary N) is 1. The maximum Gasteiger partial charge on any atom is 0.241 e. The highest BCUT2D eigenvalue weighted by molar-refractivity contribution is 5.94. The smallest absolute Gasteiger partial charge is 0.241 e. The van der Waals surface area contributed by atoms with Crippen LogP contribution in [0.5, 0.6) is 0 Å². The van der Waals surface area contributed by atoms with Gasteiger partial charge in [0.2, 0.25) is 5.91 Å². The first-order valence-corrected chi connectivity index (χ1v) is 4.97. The van der Waals surface area contributed by atoms with Crippen molar-refractivity contribution in [2.24, 2.45) is 5.73 Å². The second-order valence-corrected chi connectivity index (χ2v) is 3.59. The van der Waals surface area contributed by atoms with Gasteiger partial charge in [0, 0.05) is 6.07 Å². The standard InChI is InChI=1S/C11H14F2N2O/c1-3-9(14)11(16)15-10-5-7(12)6(2)4-8(10)13/h4-5,9H,3,14H2,1-2H3,(H,15,16)/t9-/m1/s1. The molecule has 88 valence electrons. The molecular formula is C11H14F2N2O. The summed E-state index contributed by atoms with van der Waals surface area (Å²) in [5.74, 6) is -1.76. The van der Waals surface area contributed by atoms with E-state index in [-0.39, 0.29) is 11.3 Å². The molecule has 0 saturated carbocycles. The molecule has 0 radical (unpaired) electrons. The molecule has 3 nitrogen and oxygen atoms in total. The predicted octanol–water partition coefficient (Wildman–Crippen LogP) is 1.95. The lowest BCUT2D eigenvalue weighted by Gasteiger charge is -2.11. The van der Waals surface area contributed by atoms with Crippen molar-refractivity contribution in [2.45, 2.75) is 26.3 Å². The highest BCUT2D eigenvalue weighted by Crippen LogP contribution is 2.18. The average Bonchev–Trinajstić information content (AvgIpc) is 2.24. The van der Waals surface area contributed by atoms with Crippen LogP contribution in [-0.2, 0) is 4.79 Å². The molecular weight excluding hydrogens is 214 g/mol. The van der Waals surface area contributed by atoms with Crippen molar-refractivity contribution in [3.63, 3.8) is 0 Å². The number of anilines is 1. The second-order valence-electron chi connectivity index (χ2n) is 3.59. The number of hydrogen-bond acceptors (Lipinski definition) is 2. The minimum atomic E-state index is -0.719. The number of aryl methyl sites for hydroxylation is 1. The van der Waals surface area contributed by atoms with Crippen molar-refractivity contribution in [3.8, 4) is 0 Å². The van der Waals surface area contributed by atoms with Crippen LogP contribution >= 0.6 is 0 Å². The summed E-state index contributed by atoms with van der Waals surface area (Å²) in [5.41, 5.74) is 5.46. The molecule has 0 unspecified atom stereocenters. The van der Waals surface area contributed by atoms with Gasteiger partial charge in [-0.25, -0.2) is 8.78 Å². The molecule has 0 spiro atoms. The molecule has 0 bridgehead atoms. The largest absolute Gasteiger partial charge is 0.322 e. The molecule has 3 N–H and O–H groups in total. The van der Waals surface area contributed by atoms with Crippen LogP contribution < -0.4 is 11.1 Å². The van der Waals surface area contributed by atoms with Crippen LogP contribution in [-0.4, -0.2) is 11.9 Å². The maximum absolute atomic E-state index is 13.3. The quantitative estimate of drug-likeness (QED) is 0.830. The number of nitrogens with one attached hydrogen (secondary N) is 1. The van der Waals surface area contributed by atoms with E-state index in [0.717, 1.165) is 12.1 Å². The van der Waals surface area contributed by atoms with Gasteiger partial charge in [-0.15, -0.1) is 0 Å². The van der Waals surface area contributed by atoms with Crippen molar-refractivity contribution in [1.29, 1.82) is 0 Å². The Balaban J connectivity index is 2.90. The van der Waals surface area contributed by atoms with Gasteiger partial charge in [-0.05, 0) is 25.0 Å². The third kappa shape index (κ3) is 2.76. The summed E-state index contributed by atoms with van der Waals surface area (Å²) < 4.78 is 26.5. The van der Waals surface area contributed by atoms with Crippen LogP contribution in [0, 0.1) is 18.6 Å². The Morgan fingerprint density at radius 2 is 2.06 bits per heavy atom. The summed E-state index contributed by atoms with van der Waals surface area (Å²) in [7, 11) is 0. The molecule has 0 saturated heterocycles. The summed E-state index contributed by atoms with van der Waals surface area (Å²) in [4.78, 5) is 11.4. The lowest BCUT2D eigenvalue weighted by molar-refractivity contribution is -0.117. The molecule has 0 fully saturated rings. The van der Waals surface area contributed by atoms with E-state index in [1.54, 1.807) is 6.92 Å². The van der Waals surface area contributed by atoms with E-state index in [1.165, 1.54) is 6.92 Å². The lowest BCUT2D eigenvalue weighted by atomic mass is 10.2. The summed E-state index contributed by atoms with van der Waals surface area (Å²) in [6.07, 6.45) is 0.432. The molecule has 0 heterocycles. The molecule has 0 aromatic heterocycles. The van der Waals surface area contributed by atoms with Crippen LogP contribution in [0.1, 0.15) is 18.9 Å². The van der Waals surface area contributed by atoms with E-state index in [9.17, 15) is 13.6 Å². The number of carbonyl (C=O) groups is 1. The first-order chi connectivity index (χ1) is 7.45. The number of rotatable bonds is 3. The molecule has 0 aliphatic heterocycles. The van der Waals surface area contributed by atoms with Crippen molar-refractivity contribution in [2.75, 3.05) is 5.32 Å². The number of halogens is 2. The van der Waals surface area contributed by atoms with Crippen molar-refractivity contribution in [1.82, 2.24) is 0 Å². The first-order valence-electron chi connectivity index (χ1n) is 4.97. The van der Waals surface area contributed by atoms with Gasteiger partial charge in [0.05, 0.1) is 11.7 Å². The molecule has 1 amide bonds. The van der Waals surface area contributed by atoms with Gasteiger partial charge in [-0.3, -0.25) is 4.79 Å². The normalized spacial score (nSPS) is 12.3. The molecule has 16 heavy (non-hydrogen) atoms. The zero-order valence-electron chi connectivity index (χ0n) is 9.18. The van der Waals surface area contributed by atoms with Crippen LogP contribution in [0.2, 0.25) is 0 Å². The van der Waals surface area contributed by atoms with Crippen LogP contribution in [0.3, 0.4) is 0 Å². The second kappa shape index (κ2) is 5.03. The molecule has 1 atom stereocenters. The first kappa shape index (κ1) is 12.6. The van der Waals surface area contributed by atoms with Gasteiger partial charge in [-0.1, -0.05) is 6.92 Å². The van der Waals surface area contributed by atoms with Crippen LogP contribution in [0.15, 0.2) is 12.1 Å². The van der Waals surface area contributed by atoms with Crippen molar-refractivity contribution >= 4 is 11.6 Å². The summed E-state index contributed by atoms with van der Waals surface area (Å²) in [6, 6.07) is 1.26. The van der Waals surface area contributed by atoms with Crippen molar-refractivity contribution in [3.05, 3.63) is 29.3 Å². The van der Waals surface area contributed by atoms with Crippen LogP contribution in [0.4, 0.5) is 14.5 Å². The Kier molecular flexibility index (Phi) is 3.95. The van der Waals surface area contributed by atoms with E-state index in [1.807, 2.05) is 0 Å². The van der Waals surface area contributed by atoms with E-state index < -0.39 is 23.6 Å². The number of amides is 1. The Bertz CT molecular complexity index is 407.